The topological polar surface area (TPSA) is 36.7 Å². The van der Waals surface area contributed by atoms with Crippen molar-refractivity contribution in [1.29, 1.82) is 5.26 Å². The summed E-state index contributed by atoms with van der Waals surface area (Å²) in [6.45, 7) is 2.13. The molecule has 2 aromatic rings. The molecule has 4 heteroatoms. The predicted molar refractivity (Wildman–Crippen MR) is 71.3 cm³/mol. The van der Waals surface area contributed by atoms with Gasteiger partial charge in [-0.1, -0.05) is 42.8 Å². The van der Waals surface area contributed by atoms with Gasteiger partial charge < -0.3 is 0 Å². The van der Waals surface area contributed by atoms with Gasteiger partial charge in [-0.3, -0.25) is 0 Å². The van der Waals surface area contributed by atoms with Gasteiger partial charge >= 0.3 is 0 Å². The largest absolute Gasteiger partial charge is 0.224 e. The first-order valence-corrected chi connectivity index (χ1v) is 6.55. The highest BCUT2D eigenvalue weighted by molar-refractivity contribution is 7.15. The van der Waals surface area contributed by atoms with Gasteiger partial charge in [0.2, 0.25) is 0 Å². The minimum Gasteiger partial charge on any atom is -0.224 e. The molecule has 0 spiro atoms. The lowest BCUT2D eigenvalue weighted by Gasteiger charge is -1.98. The van der Waals surface area contributed by atoms with Crippen LogP contribution in [0, 0.1) is 11.3 Å². The van der Waals surface area contributed by atoms with Crippen molar-refractivity contribution in [3.63, 3.8) is 0 Å². The van der Waals surface area contributed by atoms with Gasteiger partial charge in [0.25, 0.3) is 0 Å². The van der Waals surface area contributed by atoms with Crippen molar-refractivity contribution in [3.8, 4) is 16.6 Å². The van der Waals surface area contributed by atoms with Crippen molar-refractivity contribution >= 4 is 22.9 Å². The van der Waals surface area contributed by atoms with Gasteiger partial charge in [-0.15, -0.1) is 11.3 Å². The van der Waals surface area contributed by atoms with E-state index in [-0.39, 0.29) is 0 Å². The van der Waals surface area contributed by atoms with Gasteiger partial charge in [-0.05, 0) is 12.0 Å². The van der Waals surface area contributed by atoms with Crippen LogP contribution in [0.1, 0.15) is 17.4 Å². The number of rotatable bonds is 3. The third-order valence-electron chi connectivity index (χ3n) is 2.50. The summed E-state index contributed by atoms with van der Waals surface area (Å²) >= 11 is 7.47. The van der Waals surface area contributed by atoms with E-state index in [1.807, 2.05) is 12.1 Å². The van der Waals surface area contributed by atoms with E-state index in [1.165, 1.54) is 16.9 Å². The fraction of sp³-hybridized carbons (Fsp3) is 0.231. The fourth-order valence-corrected chi connectivity index (χ4v) is 2.73. The molecule has 2 rings (SSSR count). The first kappa shape index (κ1) is 12.1. The lowest BCUT2D eigenvalue weighted by Crippen LogP contribution is -1.80. The minimum absolute atomic E-state index is 0.323. The molecule has 0 fully saturated rings. The molecule has 0 radical (unpaired) electrons. The molecule has 17 heavy (non-hydrogen) atoms. The number of aromatic nitrogens is 1. The molecule has 0 unspecified atom stereocenters. The first-order valence-electron chi connectivity index (χ1n) is 5.36. The molecule has 0 aliphatic carbocycles. The van der Waals surface area contributed by atoms with Crippen LogP contribution in [0.3, 0.4) is 0 Å². The Hall–Kier alpha value is -1.37. The fourth-order valence-electron chi connectivity index (χ4n) is 1.52. The number of nitriles is 1. The summed E-state index contributed by atoms with van der Waals surface area (Å²) in [5, 5.41) is 9.99. The molecular formula is C13H11ClN2S. The summed E-state index contributed by atoms with van der Waals surface area (Å²) in [7, 11) is 0. The zero-order chi connectivity index (χ0) is 12.3. The number of halogens is 1. The third-order valence-corrected chi connectivity index (χ3v) is 4.03. The Morgan fingerprint density at radius 3 is 2.65 bits per heavy atom. The maximum absolute atomic E-state index is 8.66. The third kappa shape index (κ3) is 2.66. The Kier molecular flexibility index (Phi) is 3.78. The highest BCUT2D eigenvalue weighted by atomic mass is 35.5. The summed E-state index contributed by atoms with van der Waals surface area (Å²) in [5.74, 6) is 0. The van der Waals surface area contributed by atoms with Gasteiger partial charge in [-0.2, -0.15) is 5.26 Å². The Morgan fingerprint density at radius 1 is 1.35 bits per heavy atom. The molecule has 2 nitrogen and oxygen atoms in total. The first-order chi connectivity index (χ1) is 8.24. The Balaban J connectivity index is 2.33. The molecule has 1 aromatic heterocycles. The van der Waals surface area contributed by atoms with Gasteiger partial charge in [0.15, 0.2) is 0 Å². The molecule has 86 valence electrons. The summed E-state index contributed by atoms with van der Waals surface area (Å²) < 4.78 is 0. The van der Waals surface area contributed by atoms with Crippen molar-refractivity contribution < 1.29 is 0 Å². The Labute approximate surface area is 110 Å². The van der Waals surface area contributed by atoms with E-state index in [9.17, 15) is 0 Å². The van der Waals surface area contributed by atoms with Crippen LogP contribution in [0.25, 0.3) is 10.6 Å². The number of thiazole rings is 1. The van der Waals surface area contributed by atoms with Crippen molar-refractivity contribution in [1.82, 2.24) is 4.98 Å². The van der Waals surface area contributed by atoms with E-state index >= 15 is 0 Å². The van der Waals surface area contributed by atoms with Crippen LogP contribution in [0.2, 0.25) is 5.15 Å². The number of nitrogens with zero attached hydrogens (tertiary/aromatic N) is 2. The number of hydrogen-bond acceptors (Lipinski definition) is 3. The standard InChI is InChI=1S/C13H11ClN2S/c1-2-9-3-5-10(6-4-9)13-16-12(14)11(17-13)7-8-15/h3-6H,2,7H2,1H3. The van der Waals surface area contributed by atoms with Crippen molar-refractivity contribution in [2.45, 2.75) is 19.8 Å². The van der Waals surface area contributed by atoms with Crippen molar-refractivity contribution in [3.05, 3.63) is 39.9 Å². The minimum atomic E-state index is 0.323. The molecule has 0 saturated carbocycles. The molecular weight excluding hydrogens is 252 g/mol. The summed E-state index contributed by atoms with van der Waals surface area (Å²) in [6.07, 6.45) is 1.35. The molecule has 0 N–H and O–H groups in total. The van der Waals surface area contributed by atoms with E-state index in [4.69, 9.17) is 16.9 Å². The lowest BCUT2D eigenvalue weighted by molar-refractivity contribution is 1.14. The van der Waals surface area contributed by atoms with Gasteiger partial charge in [0, 0.05) is 5.56 Å². The summed E-state index contributed by atoms with van der Waals surface area (Å²) in [4.78, 5) is 5.12. The van der Waals surface area contributed by atoms with Crippen LogP contribution in [0.15, 0.2) is 24.3 Å². The van der Waals surface area contributed by atoms with Crippen LogP contribution >= 0.6 is 22.9 Å². The highest BCUT2D eigenvalue weighted by Crippen LogP contribution is 2.31. The van der Waals surface area contributed by atoms with E-state index in [1.54, 1.807) is 0 Å². The molecule has 0 bridgehead atoms. The number of aryl methyl sites for hydroxylation is 1. The van der Waals surface area contributed by atoms with E-state index in [2.05, 4.69) is 30.1 Å². The molecule has 1 aromatic carbocycles. The van der Waals surface area contributed by atoms with Crippen LogP contribution in [0.5, 0.6) is 0 Å². The maximum atomic E-state index is 8.66. The number of hydrogen-bond donors (Lipinski definition) is 0. The molecule has 0 aliphatic heterocycles. The molecule has 1 heterocycles. The van der Waals surface area contributed by atoms with Crippen LogP contribution < -0.4 is 0 Å². The van der Waals surface area contributed by atoms with E-state index in [0.29, 0.717) is 11.6 Å². The van der Waals surface area contributed by atoms with Crippen molar-refractivity contribution in [2.24, 2.45) is 0 Å². The predicted octanol–water partition coefficient (Wildman–Crippen LogP) is 4.09. The molecule has 0 atom stereocenters. The average molecular weight is 263 g/mol. The zero-order valence-corrected chi connectivity index (χ0v) is 11.0. The zero-order valence-electron chi connectivity index (χ0n) is 9.40. The second kappa shape index (κ2) is 5.31. The average Bonchev–Trinajstić information content (AvgIpc) is 2.72. The lowest BCUT2D eigenvalue weighted by atomic mass is 10.1. The van der Waals surface area contributed by atoms with E-state index in [0.717, 1.165) is 21.9 Å². The quantitative estimate of drug-likeness (QED) is 0.835. The number of benzene rings is 1. The van der Waals surface area contributed by atoms with Gasteiger partial charge in [0.05, 0.1) is 17.4 Å². The molecule has 0 aliphatic rings. The van der Waals surface area contributed by atoms with Crippen molar-refractivity contribution in [2.75, 3.05) is 0 Å². The second-order valence-electron chi connectivity index (χ2n) is 3.62. The highest BCUT2D eigenvalue weighted by Gasteiger charge is 2.10. The SMILES string of the molecule is CCc1ccc(-c2nc(Cl)c(CC#N)s2)cc1. The second-order valence-corrected chi connectivity index (χ2v) is 5.06. The summed E-state index contributed by atoms with van der Waals surface area (Å²) in [6, 6.07) is 10.4. The Bertz CT molecular complexity index is 552. The molecule has 0 amide bonds. The van der Waals surface area contributed by atoms with Crippen LogP contribution in [-0.4, -0.2) is 4.98 Å². The van der Waals surface area contributed by atoms with Crippen LogP contribution in [0.4, 0.5) is 0 Å². The van der Waals surface area contributed by atoms with Crippen LogP contribution in [-0.2, 0) is 12.8 Å². The monoisotopic (exact) mass is 262 g/mol. The summed E-state index contributed by atoms with van der Waals surface area (Å²) in [5.41, 5.74) is 2.35. The van der Waals surface area contributed by atoms with Gasteiger partial charge in [-0.25, -0.2) is 4.98 Å². The normalized spacial score (nSPS) is 10.2. The maximum Gasteiger partial charge on any atom is 0.144 e. The molecule has 0 saturated heterocycles. The Morgan fingerprint density at radius 2 is 2.06 bits per heavy atom. The smallest absolute Gasteiger partial charge is 0.144 e. The van der Waals surface area contributed by atoms with Gasteiger partial charge in [0.1, 0.15) is 10.2 Å². The van der Waals surface area contributed by atoms with E-state index < -0.39 is 0 Å².